The summed E-state index contributed by atoms with van der Waals surface area (Å²) in [6, 6.07) is 8.09. The summed E-state index contributed by atoms with van der Waals surface area (Å²) in [5.74, 6) is -0.576. The maximum Gasteiger partial charge on any atom is 0.150 e. The SMILES string of the molecule is CS(=O)(=O)C[C@H](O)c1cc2n(n1)CCN(C/C=C/c1ccc(F)cc1)C2. The van der Waals surface area contributed by atoms with Gasteiger partial charge >= 0.3 is 0 Å². The summed E-state index contributed by atoms with van der Waals surface area (Å²) in [4.78, 5) is 2.23. The summed E-state index contributed by atoms with van der Waals surface area (Å²) in [5.41, 5.74) is 2.29. The van der Waals surface area contributed by atoms with Crippen LogP contribution in [0.4, 0.5) is 4.39 Å². The fraction of sp³-hybridized carbons (Fsp3) is 0.389. The Labute approximate surface area is 152 Å². The Morgan fingerprint density at radius 1 is 1.31 bits per heavy atom. The maximum atomic E-state index is 12.9. The first-order chi connectivity index (χ1) is 12.3. The topological polar surface area (TPSA) is 75.4 Å². The second-order valence-electron chi connectivity index (χ2n) is 6.58. The molecule has 1 aromatic heterocycles. The average Bonchev–Trinajstić information content (AvgIpc) is 2.99. The third-order valence-corrected chi connectivity index (χ3v) is 5.16. The molecule has 0 bridgehead atoms. The Bertz CT molecular complexity index is 891. The predicted molar refractivity (Wildman–Crippen MR) is 97.6 cm³/mol. The summed E-state index contributed by atoms with van der Waals surface area (Å²) in [6.07, 6.45) is 3.97. The standard InChI is InChI=1S/C18H22FN3O3S/c1-26(24,25)13-18(23)17-11-16-12-21(9-10-22(16)20-17)8-2-3-14-4-6-15(19)7-5-14/h2-7,11,18,23H,8-10,12-13H2,1H3/b3-2+/t18-/m0/s1. The Hall–Kier alpha value is -2.03. The molecule has 0 saturated heterocycles. The van der Waals surface area contributed by atoms with Crippen molar-refractivity contribution in [2.75, 3.05) is 25.1 Å². The maximum absolute atomic E-state index is 12.9. The molecule has 0 radical (unpaired) electrons. The van der Waals surface area contributed by atoms with Crippen LogP contribution < -0.4 is 0 Å². The van der Waals surface area contributed by atoms with E-state index >= 15 is 0 Å². The molecule has 0 saturated carbocycles. The first-order valence-corrected chi connectivity index (χ1v) is 10.4. The second-order valence-corrected chi connectivity index (χ2v) is 8.77. The van der Waals surface area contributed by atoms with Gasteiger partial charge in [-0.3, -0.25) is 9.58 Å². The molecule has 1 aromatic carbocycles. The molecule has 2 heterocycles. The molecule has 0 unspecified atom stereocenters. The zero-order chi connectivity index (χ0) is 18.7. The highest BCUT2D eigenvalue weighted by molar-refractivity contribution is 7.90. The number of aromatic nitrogens is 2. The number of halogens is 1. The van der Waals surface area contributed by atoms with Gasteiger partial charge in [0, 0.05) is 25.9 Å². The van der Waals surface area contributed by atoms with Crippen LogP contribution in [0.25, 0.3) is 6.08 Å². The number of fused-ring (bicyclic) bond motifs is 1. The quantitative estimate of drug-likeness (QED) is 0.826. The molecule has 0 spiro atoms. The van der Waals surface area contributed by atoms with Gasteiger partial charge in [0.1, 0.15) is 21.8 Å². The third-order valence-electron chi connectivity index (χ3n) is 4.24. The van der Waals surface area contributed by atoms with E-state index in [9.17, 15) is 17.9 Å². The minimum Gasteiger partial charge on any atom is -0.386 e. The van der Waals surface area contributed by atoms with Gasteiger partial charge in [-0.15, -0.1) is 0 Å². The van der Waals surface area contributed by atoms with E-state index in [4.69, 9.17) is 0 Å². The third kappa shape index (κ3) is 5.00. The molecule has 2 aromatic rings. The van der Waals surface area contributed by atoms with Crippen molar-refractivity contribution in [1.82, 2.24) is 14.7 Å². The highest BCUT2D eigenvalue weighted by atomic mass is 32.2. The highest BCUT2D eigenvalue weighted by Crippen LogP contribution is 2.19. The summed E-state index contributed by atoms with van der Waals surface area (Å²) >= 11 is 0. The summed E-state index contributed by atoms with van der Waals surface area (Å²) in [6.45, 7) is 2.91. The zero-order valence-corrected chi connectivity index (χ0v) is 15.4. The largest absolute Gasteiger partial charge is 0.386 e. The van der Waals surface area contributed by atoms with Crippen LogP contribution in [0.3, 0.4) is 0 Å². The van der Waals surface area contributed by atoms with Crippen molar-refractivity contribution in [3.05, 3.63) is 59.2 Å². The molecule has 1 atom stereocenters. The second kappa shape index (κ2) is 7.69. The minimum absolute atomic E-state index is 0.250. The number of hydrogen-bond acceptors (Lipinski definition) is 5. The van der Waals surface area contributed by atoms with Crippen molar-refractivity contribution in [3.8, 4) is 0 Å². The van der Waals surface area contributed by atoms with E-state index < -0.39 is 15.9 Å². The van der Waals surface area contributed by atoms with E-state index in [0.717, 1.165) is 30.6 Å². The van der Waals surface area contributed by atoms with Crippen LogP contribution in [0.5, 0.6) is 0 Å². The average molecular weight is 379 g/mol. The Kier molecular flexibility index (Phi) is 5.55. The lowest BCUT2D eigenvalue weighted by atomic mass is 10.2. The van der Waals surface area contributed by atoms with Gasteiger partial charge in [0.15, 0.2) is 0 Å². The smallest absolute Gasteiger partial charge is 0.150 e. The molecule has 26 heavy (non-hydrogen) atoms. The number of aliphatic hydroxyl groups is 1. The van der Waals surface area contributed by atoms with E-state index in [1.807, 2.05) is 16.8 Å². The van der Waals surface area contributed by atoms with E-state index in [2.05, 4.69) is 10.00 Å². The van der Waals surface area contributed by atoms with Gasteiger partial charge in [0.05, 0.1) is 23.7 Å². The summed E-state index contributed by atoms with van der Waals surface area (Å²) in [5, 5.41) is 14.4. The number of aliphatic hydroxyl groups excluding tert-OH is 1. The monoisotopic (exact) mass is 379 g/mol. The molecular weight excluding hydrogens is 357 g/mol. The van der Waals surface area contributed by atoms with Gasteiger partial charge < -0.3 is 5.11 Å². The molecule has 3 rings (SSSR count). The van der Waals surface area contributed by atoms with Crippen LogP contribution in [0.2, 0.25) is 0 Å². The van der Waals surface area contributed by atoms with Gasteiger partial charge in [-0.2, -0.15) is 5.10 Å². The Balaban J connectivity index is 1.60. The van der Waals surface area contributed by atoms with Crippen LogP contribution in [0, 0.1) is 5.82 Å². The fourth-order valence-electron chi connectivity index (χ4n) is 2.95. The summed E-state index contributed by atoms with van der Waals surface area (Å²) in [7, 11) is -3.27. The van der Waals surface area contributed by atoms with Gasteiger partial charge in [-0.05, 0) is 23.8 Å². The number of benzene rings is 1. The molecule has 1 aliphatic heterocycles. The number of nitrogens with zero attached hydrogens (tertiary/aromatic N) is 3. The van der Waals surface area contributed by atoms with E-state index in [0.29, 0.717) is 18.8 Å². The number of rotatable bonds is 6. The lowest BCUT2D eigenvalue weighted by molar-refractivity contribution is 0.194. The van der Waals surface area contributed by atoms with Crippen molar-refractivity contribution in [3.63, 3.8) is 0 Å². The molecule has 6 nitrogen and oxygen atoms in total. The van der Waals surface area contributed by atoms with Crippen LogP contribution >= 0.6 is 0 Å². The molecule has 1 N–H and O–H groups in total. The van der Waals surface area contributed by atoms with Crippen LogP contribution in [0.15, 0.2) is 36.4 Å². The van der Waals surface area contributed by atoms with Gasteiger partial charge in [0.25, 0.3) is 0 Å². The van der Waals surface area contributed by atoms with Crippen molar-refractivity contribution in [2.24, 2.45) is 0 Å². The molecule has 0 fully saturated rings. The van der Waals surface area contributed by atoms with E-state index in [1.165, 1.54) is 12.1 Å². The first kappa shape index (κ1) is 18.8. The Morgan fingerprint density at radius 3 is 2.73 bits per heavy atom. The zero-order valence-electron chi connectivity index (χ0n) is 14.5. The lowest BCUT2D eigenvalue weighted by Crippen LogP contribution is -2.33. The normalized spacial score (nSPS) is 16.7. The summed E-state index contributed by atoms with van der Waals surface area (Å²) < 4.78 is 37.4. The molecule has 0 amide bonds. The van der Waals surface area contributed by atoms with Crippen LogP contribution in [-0.2, 0) is 22.9 Å². The van der Waals surface area contributed by atoms with Crippen molar-refractivity contribution >= 4 is 15.9 Å². The number of hydrogen-bond donors (Lipinski definition) is 1. The van der Waals surface area contributed by atoms with Gasteiger partial charge in [-0.25, -0.2) is 12.8 Å². The van der Waals surface area contributed by atoms with Crippen molar-refractivity contribution < 1.29 is 17.9 Å². The van der Waals surface area contributed by atoms with Crippen LogP contribution in [0.1, 0.15) is 23.1 Å². The molecular formula is C18H22FN3O3S. The van der Waals surface area contributed by atoms with E-state index in [-0.39, 0.29) is 11.6 Å². The Morgan fingerprint density at radius 2 is 2.04 bits per heavy atom. The lowest BCUT2D eigenvalue weighted by Gasteiger charge is -2.26. The van der Waals surface area contributed by atoms with Crippen molar-refractivity contribution in [2.45, 2.75) is 19.2 Å². The first-order valence-electron chi connectivity index (χ1n) is 8.37. The van der Waals surface area contributed by atoms with E-state index in [1.54, 1.807) is 18.2 Å². The fourth-order valence-corrected chi connectivity index (χ4v) is 3.69. The van der Waals surface area contributed by atoms with Crippen LogP contribution in [-0.4, -0.2) is 53.3 Å². The van der Waals surface area contributed by atoms with Gasteiger partial charge in [-0.1, -0.05) is 24.3 Å². The molecule has 0 aliphatic carbocycles. The number of sulfone groups is 1. The van der Waals surface area contributed by atoms with Gasteiger partial charge in [0.2, 0.25) is 0 Å². The predicted octanol–water partition coefficient (Wildman–Crippen LogP) is 1.63. The highest BCUT2D eigenvalue weighted by Gasteiger charge is 2.22. The molecule has 1 aliphatic rings. The molecule has 140 valence electrons. The minimum atomic E-state index is -3.27. The van der Waals surface area contributed by atoms with Crippen molar-refractivity contribution in [1.29, 1.82) is 0 Å². The molecule has 8 heteroatoms.